The smallest absolute Gasteiger partial charge is 0.303 e. The summed E-state index contributed by atoms with van der Waals surface area (Å²) >= 11 is 0. The van der Waals surface area contributed by atoms with Crippen LogP contribution in [0.4, 0.5) is 0 Å². The van der Waals surface area contributed by atoms with Crippen molar-refractivity contribution in [1.29, 1.82) is 0 Å². The third-order valence-corrected chi connectivity index (χ3v) is 4.03. The van der Waals surface area contributed by atoms with Gasteiger partial charge in [0.15, 0.2) is 0 Å². The summed E-state index contributed by atoms with van der Waals surface area (Å²) in [4.78, 5) is 25.1. The van der Waals surface area contributed by atoms with Crippen molar-refractivity contribution in [1.82, 2.24) is 4.90 Å². The normalized spacial score (nSPS) is 16.0. The number of benzene rings is 1. The van der Waals surface area contributed by atoms with E-state index in [4.69, 9.17) is 10.8 Å². The Morgan fingerprint density at radius 2 is 1.90 bits per heavy atom. The van der Waals surface area contributed by atoms with Crippen molar-refractivity contribution in [2.75, 3.05) is 19.6 Å². The van der Waals surface area contributed by atoms with Crippen molar-refractivity contribution in [2.24, 2.45) is 11.7 Å². The summed E-state index contributed by atoms with van der Waals surface area (Å²) in [5.41, 5.74) is 7.30. The summed E-state index contributed by atoms with van der Waals surface area (Å²) in [6.07, 6.45) is 2.41. The van der Waals surface area contributed by atoms with E-state index in [1.54, 1.807) is 0 Å². The highest BCUT2D eigenvalue weighted by Gasteiger charge is 2.25. The van der Waals surface area contributed by atoms with E-state index in [-0.39, 0.29) is 18.2 Å². The molecule has 1 aliphatic heterocycles. The van der Waals surface area contributed by atoms with Gasteiger partial charge in [-0.2, -0.15) is 0 Å². The molecule has 1 aromatic carbocycles. The number of carboxylic acids is 1. The van der Waals surface area contributed by atoms with E-state index in [1.807, 2.05) is 29.2 Å². The molecule has 0 radical (unpaired) electrons. The molecule has 0 spiro atoms. The molecule has 0 unspecified atom stereocenters. The van der Waals surface area contributed by atoms with Crippen molar-refractivity contribution in [3.63, 3.8) is 0 Å². The lowest BCUT2D eigenvalue weighted by molar-refractivity contribution is -0.138. The van der Waals surface area contributed by atoms with E-state index in [0.717, 1.165) is 24.0 Å². The number of aliphatic carboxylic acids is 1. The number of carbonyl (C=O) groups is 2. The molecule has 1 aromatic rings. The summed E-state index contributed by atoms with van der Waals surface area (Å²) in [5.74, 6) is -0.535. The molecule has 1 saturated heterocycles. The number of piperidine rings is 1. The predicted octanol–water partition coefficient (Wildman–Crippen LogP) is 1.51. The van der Waals surface area contributed by atoms with Crippen molar-refractivity contribution >= 4 is 11.9 Å². The number of nitrogens with zero attached hydrogens (tertiary/aromatic N) is 1. The molecule has 0 atom stereocenters. The zero-order valence-electron chi connectivity index (χ0n) is 12.1. The number of rotatable bonds is 5. The van der Waals surface area contributed by atoms with Crippen molar-refractivity contribution in [3.05, 3.63) is 35.4 Å². The van der Waals surface area contributed by atoms with E-state index < -0.39 is 5.97 Å². The molecule has 2 rings (SSSR count). The predicted molar refractivity (Wildman–Crippen MR) is 80.1 cm³/mol. The topological polar surface area (TPSA) is 83.6 Å². The Labute approximate surface area is 124 Å². The summed E-state index contributed by atoms with van der Waals surface area (Å²) in [6, 6.07) is 7.57. The standard InChI is InChI=1S/C16H22N2O3/c17-8-5-13-3-1-2-4-14(13)16(21)18-9-6-12(7-10-18)11-15(19)20/h1-4,12H,5-11,17H2,(H,19,20). The lowest BCUT2D eigenvalue weighted by atomic mass is 9.93. The van der Waals surface area contributed by atoms with Gasteiger partial charge < -0.3 is 15.7 Å². The monoisotopic (exact) mass is 290 g/mol. The second-order valence-corrected chi connectivity index (χ2v) is 5.53. The Hall–Kier alpha value is -1.88. The maximum absolute atomic E-state index is 12.6. The molecule has 21 heavy (non-hydrogen) atoms. The first-order chi connectivity index (χ1) is 10.1. The summed E-state index contributed by atoms with van der Waals surface area (Å²) < 4.78 is 0. The number of carbonyl (C=O) groups excluding carboxylic acids is 1. The molecule has 5 heteroatoms. The molecule has 0 aliphatic carbocycles. The Bertz CT molecular complexity index is 508. The minimum absolute atomic E-state index is 0.0350. The molecule has 1 heterocycles. The van der Waals surface area contributed by atoms with E-state index in [2.05, 4.69) is 0 Å². The number of carboxylic acid groups (broad SMARTS) is 1. The van der Waals surface area contributed by atoms with E-state index in [9.17, 15) is 9.59 Å². The molecule has 1 amide bonds. The maximum Gasteiger partial charge on any atom is 0.303 e. The summed E-state index contributed by atoms with van der Waals surface area (Å²) in [7, 11) is 0. The number of hydrogen-bond donors (Lipinski definition) is 2. The number of amides is 1. The minimum atomic E-state index is -0.756. The van der Waals surface area contributed by atoms with E-state index >= 15 is 0 Å². The number of hydrogen-bond acceptors (Lipinski definition) is 3. The molecule has 5 nitrogen and oxygen atoms in total. The molecular weight excluding hydrogens is 268 g/mol. The second kappa shape index (κ2) is 7.22. The van der Waals surface area contributed by atoms with Gasteiger partial charge in [0, 0.05) is 25.1 Å². The van der Waals surface area contributed by atoms with Gasteiger partial charge >= 0.3 is 5.97 Å². The van der Waals surface area contributed by atoms with Gasteiger partial charge in [0.1, 0.15) is 0 Å². The third-order valence-electron chi connectivity index (χ3n) is 4.03. The fraction of sp³-hybridized carbons (Fsp3) is 0.500. The van der Waals surface area contributed by atoms with Crippen molar-refractivity contribution in [2.45, 2.75) is 25.7 Å². The van der Waals surface area contributed by atoms with Crippen LogP contribution in [0, 0.1) is 5.92 Å². The Morgan fingerprint density at radius 1 is 1.24 bits per heavy atom. The van der Waals surface area contributed by atoms with Crippen LogP contribution in [0.5, 0.6) is 0 Å². The van der Waals surface area contributed by atoms with Gasteiger partial charge in [-0.3, -0.25) is 9.59 Å². The van der Waals surface area contributed by atoms with Crippen LogP contribution >= 0.6 is 0 Å². The molecule has 0 saturated carbocycles. The van der Waals surface area contributed by atoms with Gasteiger partial charge in [0.05, 0.1) is 0 Å². The van der Waals surface area contributed by atoms with Crippen LogP contribution in [0.2, 0.25) is 0 Å². The number of nitrogens with two attached hydrogens (primary N) is 1. The highest BCUT2D eigenvalue weighted by Crippen LogP contribution is 2.22. The Morgan fingerprint density at radius 3 is 2.52 bits per heavy atom. The largest absolute Gasteiger partial charge is 0.481 e. The van der Waals surface area contributed by atoms with Crippen LogP contribution in [0.25, 0.3) is 0 Å². The fourth-order valence-corrected chi connectivity index (χ4v) is 2.86. The first kappa shape index (κ1) is 15.5. The van der Waals surface area contributed by atoms with Crippen LogP contribution in [0.15, 0.2) is 24.3 Å². The van der Waals surface area contributed by atoms with Gasteiger partial charge in [0.25, 0.3) is 5.91 Å². The van der Waals surface area contributed by atoms with Gasteiger partial charge in [-0.25, -0.2) is 0 Å². The van der Waals surface area contributed by atoms with Crippen LogP contribution in [0.1, 0.15) is 35.2 Å². The molecule has 1 aliphatic rings. The SMILES string of the molecule is NCCc1ccccc1C(=O)N1CCC(CC(=O)O)CC1. The zero-order chi connectivity index (χ0) is 15.2. The Kier molecular flexibility index (Phi) is 5.33. The van der Waals surface area contributed by atoms with Crippen LogP contribution in [-0.4, -0.2) is 41.5 Å². The lowest BCUT2D eigenvalue weighted by Crippen LogP contribution is -2.39. The van der Waals surface area contributed by atoms with Gasteiger partial charge in [-0.1, -0.05) is 18.2 Å². The molecule has 114 valence electrons. The Balaban J connectivity index is 2.00. The van der Waals surface area contributed by atoms with E-state index in [1.165, 1.54) is 0 Å². The molecule has 0 aromatic heterocycles. The minimum Gasteiger partial charge on any atom is -0.481 e. The molecule has 3 N–H and O–H groups in total. The van der Waals surface area contributed by atoms with Gasteiger partial charge in [-0.05, 0) is 43.4 Å². The lowest BCUT2D eigenvalue weighted by Gasteiger charge is -2.31. The number of likely N-dealkylation sites (tertiary alicyclic amines) is 1. The average Bonchev–Trinajstić information content (AvgIpc) is 2.48. The highest BCUT2D eigenvalue weighted by molar-refractivity contribution is 5.95. The third kappa shape index (κ3) is 4.04. The van der Waals surface area contributed by atoms with Crippen LogP contribution < -0.4 is 5.73 Å². The summed E-state index contributed by atoms with van der Waals surface area (Å²) in [6.45, 7) is 1.78. The zero-order valence-corrected chi connectivity index (χ0v) is 12.1. The maximum atomic E-state index is 12.6. The first-order valence-corrected chi connectivity index (χ1v) is 7.41. The second-order valence-electron chi connectivity index (χ2n) is 5.53. The first-order valence-electron chi connectivity index (χ1n) is 7.41. The summed E-state index contributed by atoms with van der Waals surface area (Å²) in [5, 5.41) is 8.82. The van der Waals surface area contributed by atoms with Crippen LogP contribution in [0.3, 0.4) is 0 Å². The quantitative estimate of drug-likeness (QED) is 0.861. The van der Waals surface area contributed by atoms with E-state index in [0.29, 0.717) is 26.1 Å². The van der Waals surface area contributed by atoms with Crippen molar-refractivity contribution < 1.29 is 14.7 Å². The highest BCUT2D eigenvalue weighted by atomic mass is 16.4. The molecule has 0 bridgehead atoms. The van der Waals surface area contributed by atoms with Crippen molar-refractivity contribution in [3.8, 4) is 0 Å². The molecular formula is C16H22N2O3. The van der Waals surface area contributed by atoms with Crippen LogP contribution in [-0.2, 0) is 11.2 Å². The average molecular weight is 290 g/mol. The van der Waals surface area contributed by atoms with Gasteiger partial charge in [0.2, 0.25) is 0 Å². The molecule has 1 fully saturated rings. The fourth-order valence-electron chi connectivity index (χ4n) is 2.86. The van der Waals surface area contributed by atoms with Gasteiger partial charge in [-0.15, -0.1) is 0 Å².